The lowest BCUT2D eigenvalue weighted by Gasteiger charge is -2.29. The molecular formula is C20H27N3O3. The van der Waals surface area contributed by atoms with Gasteiger partial charge in [-0.2, -0.15) is 5.10 Å². The number of hydrogen-bond acceptors (Lipinski definition) is 3. The molecule has 1 heterocycles. The number of rotatable bonds is 8. The molecule has 0 radical (unpaired) electrons. The van der Waals surface area contributed by atoms with Crippen molar-refractivity contribution in [2.75, 3.05) is 6.54 Å². The number of carbonyl (C=O) groups excluding carboxylic acids is 1. The predicted octanol–water partition coefficient (Wildman–Crippen LogP) is 3.07. The highest BCUT2D eigenvalue weighted by atomic mass is 16.4. The zero-order valence-electron chi connectivity index (χ0n) is 15.9. The molecule has 1 aromatic heterocycles. The second-order valence-corrected chi connectivity index (χ2v) is 6.56. The van der Waals surface area contributed by atoms with Crippen molar-refractivity contribution in [1.29, 1.82) is 0 Å². The molecule has 2 rings (SSSR count). The summed E-state index contributed by atoms with van der Waals surface area (Å²) in [6.45, 7) is 8.32. The van der Waals surface area contributed by atoms with Crippen molar-refractivity contribution < 1.29 is 14.7 Å². The Morgan fingerprint density at radius 2 is 1.85 bits per heavy atom. The van der Waals surface area contributed by atoms with E-state index in [9.17, 15) is 14.7 Å². The topological polar surface area (TPSA) is 84.2 Å². The lowest BCUT2D eigenvalue weighted by atomic mass is 9.78. The van der Waals surface area contributed by atoms with Crippen LogP contribution in [0.3, 0.4) is 0 Å². The van der Waals surface area contributed by atoms with Crippen LogP contribution in [-0.2, 0) is 16.8 Å². The largest absolute Gasteiger partial charge is 0.481 e. The Labute approximate surface area is 154 Å². The fourth-order valence-electron chi connectivity index (χ4n) is 3.31. The molecule has 2 N–H and O–H groups in total. The van der Waals surface area contributed by atoms with Crippen molar-refractivity contribution >= 4 is 11.9 Å². The van der Waals surface area contributed by atoms with E-state index < -0.39 is 11.4 Å². The highest BCUT2D eigenvalue weighted by Crippen LogP contribution is 2.28. The van der Waals surface area contributed by atoms with E-state index in [2.05, 4.69) is 17.3 Å². The quantitative estimate of drug-likeness (QED) is 0.760. The summed E-state index contributed by atoms with van der Waals surface area (Å²) in [4.78, 5) is 24.8. The van der Waals surface area contributed by atoms with Crippen molar-refractivity contribution in [3.63, 3.8) is 0 Å². The molecule has 1 aromatic carbocycles. The molecule has 1 unspecified atom stereocenters. The van der Waals surface area contributed by atoms with Gasteiger partial charge in [-0.05, 0) is 32.3 Å². The van der Waals surface area contributed by atoms with Crippen molar-refractivity contribution in [3.05, 3.63) is 52.8 Å². The lowest BCUT2D eigenvalue weighted by Crippen LogP contribution is -2.46. The first kappa shape index (κ1) is 19.7. The number of aryl methyl sites for hydroxylation is 2. The normalized spacial score (nSPS) is 13.2. The zero-order chi connectivity index (χ0) is 19.3. The molecule has 6 heteroatoms. The van der Waals surface area contributed by atoms with Gasteiger partial charge in [0.05, 0.1) is 11.3 Å². The fourth-order valence-corrected chi connectivity index (χ4v) is 3.31. The van der Waals surface area contributed by atoms with Crippen LogP contribution in [0.1, 0.15) is 54.0 Å². The molecule has 1 amide bonds. The standard InChI is InChI=1S/C20H27N3O3/c1-5-12-23-15(4)17(14(3)22-23)18(24)21-13-20(6-2,19(25)26)16-10-8-7-9-11-16/h7-11H,5-6,12-13H2,1-4H3,(H,21,24)(H,25,26). The minimum atomic E-state index is -1.15. The molecule has 140 valence electrons. The molecular weight excluding hydrogens is 330 g/mol. The molecule has 0 saturated heterocycles. The number of aliphatic carboxylic acids is 1. The average molecular weight is 357 g/mol. The van der Waals surface area contributed by atoms with Crippen molar-refractivity contribution in [2.45, 2.75) is 52.5 Å². The molecule has 0 aliphatic carbocycles. The summed E-state index contributed by atoms with van der Waals surface area (Å²) in [7, 11) is 0. The molecule has 0 aliphatic rings. The van der Waals surface area contributed by atoms with Gasteiger partial charge in [-0.25, -0.2) is 0 Å². The van der Waals surface area contributed by atoms with Crippen molar-refractivity contribution in [1.82, 2.24) is 15.1 Å². The van der Waals surface area contributed by atoms with Crippen LogP contribution in [0.4, 0.5) is 0 Å². The Morgan fingerprint density at radius 1 is 1.19 bits per heavy atom. The van der Waals surface area contributed by atoms with Gasteiger partial charge in [0.15, 0.2) is 0 Å². The molecule has 2 aromatic rings. The number of nitrogens with zero attached hydrogens (tertiary/aromatic N) is 2. The number of aromatic nitrogens is 2. The van der Waals surface area contributed by atoms with Crippen LogP contribution < -0.4 is 5.32 Å². The summed E-state index contributed by atoms with van der Waals surface area (Å²) in [5.74, 6) is -1.22. The lowest BCUT2D eigenvalue weighted by molar-refractivity contribution is -0.143. The third-order valence-corrected chi connectivity index (χ3v) is 4.93. The van der Waals surface area contributed by atoms with Crippen LogP contribution in [0.2, 0.25) is 0 Å². The van der Waals surface area contributed by atoms with Crippen LogP contribution in [0.5, 0.6) is 0 Å². The van der Waals surface area contributed by atoms with Crippen LogP contribution in [-0.4, -0.2) is 33.3 Å². The summed E-state index contributed by atoms with van der Waals surface area (Å²) in [5, 5.41) is 17.1. The zero-order valence-corrected chi connectivity index (χ0v) is 15.9. The second kappa shape index (κ2) is 8.17. The van der Waals surface area contributed by atoms with Gasteiger partial charge in [0.25, 0.3) is 5.91 Å². The van der Waals surface area contributed by atoms with Crippen molar-refractivity contribution in [3.8, 4) is 0 Å². The number of carbonyl (C=O) groups is 2. The molecule has 0 aliphatic heterocycles. The highest BCUT2D eigenvalue weighted by Gasteiger charge is 2.39. The summed E-state index contributed by atoms with van der Waals surface area (Å²) in [6, 6.07) is 9.06. The second-order valence-electron chi connectivity index (χ2n) is 6.56. The van der Waals surface area contributed by atoms with Gasteiger partial charge in [-0.15, -0.1) is 0 Å². The summed E-state index contributed by atoms with van der Waals surface area (Å²) < 4.78 is 1.83. The summed E-state index contributed by atoms with van der Waals surface area (Å²) >= 11 is 0. The maximum absolute atomic E-state index is 12.8. The molecule has 0 bridgehead atoms. The van der Waals surface area contributed by atoms with Gasteiger partial charge < -0.3 is 10.4 Å². The van der Waals surface area contributed by atoms with Crippen LogP contribution in [0, 0.1) is 13.8 Å². The van der Waals surface area contributed by atoms with E-state index >= 15 is 0 Å². The number of nitrogens with one attached hydrogen (secondary N) is 1. The minimum absolute atomic E-state index is 0.0273. The first-order valence-corrected chi connectivity index (χ1v) is 8.98. The molecule has 26 heavy (non-hydrogen) atoms. The third-order valence-electron chi connectivity index (χ3n) is 4.93. The van der Waals surface area contributed by atoms with Crippen LogP contribution in [0.25, 0.3) is 0 Å². The van der Waals surface area contributed by atoms with E-state index in [-0.39, 0.29) is 12.5 Å². The molecule has 6 nitrogen and oxygen atoms in total. The first-order chi connectivity index (χ1) is 12.4. The Hall–Kier alpha value is -2.63. The van der Waals surface area contributed by atoms with E-state index in [1.54, 1.807) is 19.1 Å². The molecule has 0 saturated carbocycles. The predicted molar refractivity (Wildman–Crippen MR) is 100 cm³/mol. The van der Waals surface area contributed by atoms with Gasteiger partial charge in [0.1, 0.15) is 5.41 Å². The van der Waals surface area contributed by atoms with E-state index in [1.165, 1.54) is 0 Å². The highest BCUT2D eigenvalue weighted by molar-refractivity contribution is 5.97. The van der Waals surface area contributed by atoms with Gasteiger partial charge >= 0.3 is 5.97 Å². The van der Waals surface area contributed by atoms with E-state index in [1.807, 2.05) is 36.7 Å². The van der Waals surface area contributed by atoms with Crippen LogP contribution >= 0.6 is 0 Å². The summed E-state index contributed by atoms with van der Waals surface area (Å²) in [6.07, 6.45) is 1.30. The summed E-state index contributed by atoms with van der Waals surface area (Å²) in [5.41, 5.74) is 1.52. The van der Waals surface area contributed by atoms with E-state index in [4.69, 9.17) is 0 Å². The Balaban J connectivity index is 2.27. The Morgan fingerprint density at radius 3 is 2.38 bits per heavy atom. The monoisotopic (exact) mass is 357 g/mol. The van der Waals surface area contributed by atoms with Crippen molar-refractivity contribution in [2.24, 2.45) is 0 Å². The Kier molecular flexibility index (Phi) is 6.18. The Bertz CT molecular complexity index is 783. The third kappa shape index (κ3) is 3.64. The SMILES string of the molecule is CCCn1nc(C)c(C(=O)NCC(CC)(C(=O)O)c2ccccc2)c1C. The van der Waals surface area contributed by atoms with E-state index in [0.717, 1.165) is 18.7 Å². The van der Waals surface area contributed by atoms with Gasteiger partial charge in [-0.3, -0.25) is 14.3 Å². The number of hydrogen-bond donors (Lipinski definition) is 2. The minimum Gasteiger partial charge on any atom is -0.481 e. The maximum atomic E-state index is 12.8. The molecule has 1 atom stereocenters. The molecule has 0 spiro atoms. The smallest absolute Gasteiger partial charge is 0.315 e. The number of benzene rings is 1. The first-order valence-electron chi connectivity index (χ1n) is 8.98. The average Bonchev–Trinajstić information content (AvgIpc) is 2.90. The molecule has 0 fully saturated rings. The number of carboxylic acids is 1. The van der Waals surface area contributed by atoms with Gasteiger partial charge in [0.2, 0.25) is 0 Å². The number of carboxylic acid groups (broad SMARTS) is 1. The number of amides is 1. The maximum Gasteiger partial charge on any atom is 0.315 e. The van der Waals surface area contributed by atoms with Crippen LogP contribution in [0.15, 0.2) is 30.3 Å². The fraction of sp³-hybridized carbons (Fsp3) is 0.450. The van der Waals surface area contributed by atoms with Gasteiger partial charge in [0, 0.05) is 18.8 Å². The van der Waals surface area contributed by atoms with Gasteiger partial charge in [-0.1, -0.05) is 44.2 Å². The van der Waals surface area contributed by atoms with E-state index in [0.29, 0.717) is 23.2 Å².